The number of carbonyl (C=O) groups excluding carboxylic acids is 1. The number of amides is 1. The van der Waals surface area contributed by atoms with E-state index in [4.69, 9.17) is 0 Å². The fourth-order valence-corrected chi connectivity index (χ4v) is 1.97. The van der Waals surface area contributed by atoms with Gasteiger partial charge in [0.2, 0.25) is 0 Å². The van der Waals surface area contributed by atoms with Gasteiger partial charge in [-0.3, -0.25) is 14.6 Å². The largest absolute Gasteiger partial charge is 0.325 e. The molecule has 7 heteroatoms. The van der Waals surface area contributed by atoms with E-state index in [2.05, 4.69) is 10.3 Å². The molecule has 1 aromatic heterocycles. The van der Waals surface area contributed by atoms with Crippen molar-refractivity contribution in [3.05, 3.63) is 60.4 Å². The lowest BCUT2D eigenvalue weighted by Crippen LogP contribution is -2.26. The number of benzene rings is 1. The van der Waals surface area contributed by atoms with Gasteiger partial charge in [-0.1, -0.05) is 12.1 Å². The zero-order valence-electron chi connectivity index (χ0n) is 8.99. The van der Waals surface area contributed by atoms with Crippen LogP contribution in [-0.4, -0.2) is 15.9 Å². The van der Waals surface area contributed by atoms with Crippen LogP contribution in [0.3, 0.4) is 0 Å². The van der Waals surface area contributed by atoms with Gasteiger partial charge in [-0.2, -0.15) is 0 Å². The van der Waals surface area contributed by atoms with Gasteiger partial charge < -0.3 is 10.3 Å². The summed E-state index contributed by atoms with van der Waals surface area (Å²) in [5, 5.41) is 2.44. The first-order valence-electron chi connectivity index (χ1n) is 4.96. The first-order chi connectivity index (χ1) is 8.58. The molecule has 0 saturated heterocycles. The number of hydrogen-bond acceptors (Lipinski definition) is 3. The zero-order chi connectivity index (χ0) is 13.1. The van der Waals surface area contributed by atoms with Gasteiger partial charge in [0, 0.05) is 9.77 Å². The highest BCUT2D eigenvalue weighted by Gasteiger charge is 2.11. The van der Waals surface area contributed by atoms with Gasteiger partial charge in [0.15, 0.2) is 0 Å². The van der Waals surface area contributed by atoms with E-state index in [1.165, 1.54) is 0 Å². The highest BCUT2D eigenvalue weighted by Crippen LogP contribution is 2.12. The molecule has 18 heavy (non-hydrogen) atoms. The topological polar surface area (TPSA) is 94.8 Å². The number of nitrogens with one attached hydrogen (secondary N) is 3. The maximum Gasteiger partial charge on any atom is 0.325 e. The highest BCUT2D eigenvalue weighted by molar-refractivity contribution is 14.1. The summed E-state index contributed by atoms with van der Waals surface area (Å²) in [5.74, 6) is -0.405. The normalized spacial score (nSPS) is 10.1. The minimum absolute atomic E-state index is 0.000692. The van der Waals surface area contributed by atoms with Crippen LogP contribution >= 0.6 is 22.6 Å². The highest BCUT2D eigenvalue weighted by atomic mass is 127. The van der Waals surface area contributed by atoms with Crippen molar-refractivity contribution in [1.29, 1.82) is 0 Å². The second-order valence-electron chi connectivity index (χ2n) is 3.42. The van der Waals surface area contributed by atoms with Crippen LogP contribution in [0.2, 0.25) is 0 Å². The Balaban J connectivity index is 2.30. The molecular formula is C11H8IN3O3. The molecule has 0 saturated carbocycles. The smallest absolute Gasteiger partial charge is 0.316 e. The molecule has 0 atom stereocenters. The number of hydrogen-bond donors (Lipinski definition) is 3. The van der Waals surface area contributed by atoms with Crippen LogP contribution < -0.4 is 16.6 Å². The quantitative estimate of drug-likeness (QED) is 0.698. The maximum absolute atomic E-state index is 11.9. The van der Waals surface area contributed by atoms with E-state index in [0.717, 1.165) is 9.77 Å². The minimum atomic E-state index is -0.641. The molecule has 0 aliphatic heterocycles. The molecule has 6 nitrogen and oxygen atoms in total. The number of aromatic nitrogens is 2. The lowest BCUT2D eigenvalue weighted by atomic mass is 10.2. The number of rotatable bonds is 2. The van der Waals surface area contributed by atoms with Gasteiger partial charge in [-0.15, -0.1) is 0 Å². The van der Waals surface area contributed by atoms with Gasteiger partial charge in [0.1, 0.15) is 5.69 Å². The van der Waals surface area contributed by atoms with E-state index in [9.17, 15) is 14.4 Å². The van der Waals surface area contributed by atoms with Crippen LogP contribution in [0.5, 0.6) is 0 Å². The first kappa shape index (κ1) is 12.6. The zero-order valence-corrected chi connectivity index (χ0v) is 11.1. The molecule has 0 radical (unpaired) electrons. The van der Waals surface area contributed by atoms with Crippen LogP contribution in [0.1, 0.15) is 10.4 Å². The van der Waals surface area contributed by atoms with Crippen LogP contribution in [0.4, 0.5) is 5.69 Å². The summed E-state index contributed by atoms with van der Waals surface area (Å²) in [5.41, 5.74) is -0.798. The molecule has 0 spiro atoms. The predicted molar refractivity (Wildman–Crippen MR) is 74.8 cm³/mol. The monoisotopic (exact) mass is 357 g/mol. The van der Waals surface area contributed by atoms with Crippen molar-refractivity contribution in [2.75, 3.05) is 5.32 Å². The van der Waals surface area contributed by atoms with Crippen molar-refractivity contribution in [3.8, 4) is 0 Å². The standard InChI is InChI=1S/C11H8IN3O3/c12-7-4-2-1-3-6(7)9(16)14-8-5-13-11(18)15-10(8)17/h1-5H,(H,14,16)(H2,13,15,17,18). The molecule has 0 bridgehead atoms. The minimum Gasteiger partial charge on any atom is -0.316 e. The molecule has 92 valence electrons. The van der Waals surface area contributed by atoms with Crippen molar-refractivity contribution in [1.82, 2.24) is 9.97 Å². The third kappa shape index (κ3) is 2.67. The van der Waals surface area contributed by atoms with E-state index in [1.54, 1.807) is 18.2 Å². The summed E-state index contributed by atoms with van der Waals surface area (Å²) in [6.07, 6.45) is 1.16. The predicted octanol–water partition coefficient (Wildman–Crippen LogP) is 0.920. The Morgan fingerprint density at radius 2 is 1.94 bits per heavy atom. The van der Waals surface area contributed by atoms with Gasteiger partial charge in [0.25, 0.3) is 11.5 Å². The molecule has 0 aliphatic carbocycles. The van der Waals surface area contributed by atoms with Crippen molar-refractivity contribution < 1.29 is 4.79 Å². The van der Waals surface area contributed by atoms with E-state index in [-0.39, 0.29) is 5.69 Å². The summed E-state index contributed by atoms with van der Waals surface area (Å²) in [6.45, 7) is 0. The van der Waals surface area contributed by atoms with Crippen molar-refractivity contribution in [2.24, 2.45) is 0 Å². The second kappa shape index (κ2) is 5.17. The van der Waals surface area contributed by atoms with Crippen LogP contribution in [0.15, 0.2) is 40.1 Å². The van der Waals surface area contributed by atoms with E-state index in [1.807, 2.05) is 33.6 Å². The Bertz CT molecular complexity index is 705. The van der Waals surface area contributed by atoms with E-state index >= 15 is 0 Å². The fraction of sp³-hybridized carbons (Fsp3) is 0. The second-order valence-corrected chi connectivity index (χ2v) is 4.58. The molecule has 3 N–H and O–H groups in total. The Kier molecular flexibility index (Phi) is 3.60. The molecule has 0 unspecified atom stereocenters. The SMILES string of the molecule is O=C(Nc1c[nH]c(=O)[nH]c1=O)c1ccccc1I. The third-order valence-corrected chi connectivity index (χ3v) is 3.13. The van der Waals surface area contributed by atoms with Crippen molar-refractivity contribution >= 4 is 34.2 Å². The van der Waals surface area contributed by atoms with Gasteiger partial charge >= 0.3 is 5.69 Å². The number of carbonyl (C=O) groups is 1. The molecule has 1 aromatic carbocycles. The summed E-state index contributed by atoms with van der Waals surface area (Å²) >= 11 is 2.03. The molecule has 2 rings (SSSR count). The molecule has 0 aliphatic rings. The summed E-state index contributed by atoms with van der Waals surface area (Å²) in [7, 11) is 0. The number of anilines is 1. The summed E-state index contributed by atoms with van der Waals surface area (Å²) < 4.78 is 0.772. The van der Waals surface area contributed by atoms with Crippen LogP contribution in [0, 0.1) is 3.57 Å². The Morgan fingerprint density at radius 3 is 2.61 bits per heavy atom. The Morgan fingerprint density at radius 1 is 1.22 bits per heavy atom. The molecular weight excluding hydrogens is 349 g/mol. The average molecular weight is 357 g/mol. The van der Waals surface area contributed by atoms with Gasteiger partial charge in [-0.05, 0) is 34.7 Å². The lowest BCUT2D eigenvalue weighted by molar-refractivity contribution is 0.102. The summed E-state index contributed by atoms with van der Waals surface area (Å²) in [6, 6.07) is 6.98. The number of H-pyrrole nitrogens is 2. The van der Waals surface area contributed by atoms with Gasteiger partial charge in [0.05, 0.1) is 5.56 Å². The molecule has 1 heterocycles. The molecule has 1 amide bonds. The Hall–Kier alpha value is -1.90. The molecule has 2 aromatic rings. The number of halogens is 1. The van der Waals surface area contributed by atoms with E-state index in [0.29, 0.717) is 5.56 Å². The average Bonchev–Trinajstić information content (AvgIpc) is 2.33. The summed E-state index contributed by atoms with van der Waals surface area (Å²) in [4.78, 5) is 38.4. The first-order valence-corrected chi connectivity index (χ1v) is 6.03. The van der Waals surface area contributed by atoms with E-state index < -0.39 is 17.2 Å². The molecule has 0 fully saturated rings. The van der Waals surface area contributed by atoms with Crippen molar-refractivity contribution in [3.63, 3.8) is 0 Å². The van der Waals surface area contributed by atoms with Crippen LogP contribution in [-0.2, 0) is 0 Å². The Labute approximate surface area is 115 Å². The third-order valence-electron chi connectivity index (χ3n) is 2.19. The maximum atomic E-state index is 11.9. The van der Waals surface area contributed by atoms with Gasteiger partial charge in [-0.25, -0.2) is 4.79 Å². The fourth-order valence-electron chi connectivity index (χ4n) is 1.34. The van der Waals surface area contributed by atoms with Crippen molar-refractivity contribution in [2.45, 2.75) is 0 Å². The number of aromatic amines is 2. The van der Waals surface area contributed by atoms with Crippen LogP contribution in [0.25, 0.3) is 0 Å². The lowest BCUT2D eigenvalue weighted by Gasteiger charge is -2.05.